The van der Waals surface area contributed by atoms with E-state index in [0.29, 0.717) is 13.2 Å². The van der Waals surface area contributed by atoms with Crippen LogP contribution in [0.3, 0.4) is 0 Å². The molecule has 3 aliphatic rings. The molecule has 7 heteroatoms. The van der Waals surface area contributed by atoms with Crippen molar-refractivity contribution in [3.8, 4) is 11.3 Å². The van der Waals surface area contributed by atoms with Gasteiger partial charge in [0.2, 0.25) is 0 Å². The van der Waals surface area contributed by atoms with E-state index < -0.39 is 11.6 Å². The average molecular weight is 399 g/mol. The van der Waals surface area contributed by atoms with Crippen LogP contribution in [0.5, 0.6) is 0 Å². The third-order valence-corrected chi connectivity index (χ3v) is 7.49. The SMILES string of the molecule is C[C@H]1COC(=O)N1C[C@@]12CC[C@@H](c3cc(-c4c(F)cccc4F)nnc31)C2(C)C. The van der Waals surface area contributed by atoms with E-state index in [1.165, 1.54) is 18.2 Å². The number of hydrogen-bond acceptors (Lipinski definition) is 4. The van der Waals surface area contributed by atoms with Gasteiger partial charge in [0.15, 0.2) is 0 Å². The van der Waals surface area contributed by atoms with E-state index in [0.717, 1.165) is 24.1 Å². The minimum absolute atomic E-state index is 0.00974. The summed E-state index contributed by atoms with van der Waals surface area (Å²) >= 11 is 0. The minimum Gasteiger partial charge on any atom is -0.447 e. The maximum Gasteiger partial charge on any atom is 0.410 e. The molecule has 3 atom stereocenters. The van der Waals surface area contributed by atoms with E-state index in [4.69, 9.17) is 4.74 Å². The number of cyclic esters (lactones) is 1. The first-order chi connectivity index (χ1) is 13.8. The molecule has 0 spiro atoms. The molecule has 5 rings (SSSR count). The Kier molecular flexibility index (Phi) is 3.80. The summed E-state index contributed by atoms with van der Waals surface area (Å²) in [6.07, 6.45) is 1.55. The molecule has 0 unspecified atom stereocenters. The number of halogens is 2. The van der Waals surface area contributed by atoms with E-state index in [1.54, 1.807) is 11.0 Å². The highest BCUT2D eigenvalue weighted by Gasteiger charge is 2.64. The molecule has 152 valence electrons. The molecular formula is C22H23F2N3O2. The highest BCUT2D eigenvalue weighted by molar-refractivity contribution is 5.70. The van der Waals surface area contributed by atoms with Crippen molar-refractivity contribution in [2.24, 2.45) is 5.41 Å². The largest absolute Gasteiger partial charge is 0.447 e. The molecule has 5 nitrogen and oxygen atoms in total. The van der Waals surface area contributed by atoms with Gasteiger partial charge in [-0.15, -0.1) is 0 Å². The van der Waals surface area contributed by atoms with Crippen molar-refractivity contribution in [1.82, 2.24) is 15.1 Å². The van der Waals surface area contributed by atoms with Gasteiger partial charge in [-0.1, -0.05) is 19.9 Å². The predicted molar refractivity (Wildman–Crippen MR) is 102 cm³/mol. The molecule has 2 fully saturated rings. The molecule has 1 saturated carbocycles. The van der Waals surface area contributed by atoms with Crippen molar-refractivity contribution in [3.63, 3.8) is 0 Å². The zero-order chi connectivity index (χ0) is 20.6. The zero-order valence-corrected chi connectivity index (χ0v) is 16.7. The predicted octanol–water partition coefficient (Wildman–Crippen LogP) is 4.42. The second kappa shape index (κ2) is 5.97. The van der Waals surface area contributed by atoms with Crippen molar-refractivity contribution in [3.05, 3.63) is 47.2 Å². The second-order valence-corrected chi connectivity index (χ2v) is 9.08. The molecule has 2 aromatic rings. The summed E-state index contributed by atoms with van der Waals surface area (Å²) in [6.45, 7) is 7.28. The van der Waals surface area contributed by atoms with Crippen LogP contribution in [0, 0.1) is 17.0 Å². The van der Waals surface area contributed by atoms with Crippen molar-refractivity contribution in [2.75, 3.05) is 13.2 Å². The number of nitrogens with zero attached hydrogens (tertiary/aromatic N) is 3. The molecule has 2 bridgehead atoms. The molecule has 2 aliphatic carbocycles. The van der Waals surface area contributed by atoms with Gasteiger partial charge >= 0.3 is 6.09 Å². The number of hydrogen-bond donors (Lipinski definition) is 0. The number of fused-ring (bicyclic) bond motifs is 5. The molecule has 1 amide bonds. The molecule has 1 aliphatic heterocycles. The van der Waals surface area contributed by atoms with Gasteiger partial charge in [-0.2, -0.15) is 10.2 Å². The number of amides is 1. The van der Waals surface area contributed by atoms with Gasteiger partial charge in [-0.05, 0) is 54.9 Å². The number of aromatic nitrogens is 2. The molecule has 1 aromatic heterocycles. The number of carbonyl (C=O) groups excluding carboxylic acids is 1. The Labute approximate surface area is 168 Å². The summed E-state index contributed by atoms with van der Waals surface area (Å²) in [5, 5.41) is 8.72. The fourth-order valence-electron chi connectivity index (χ4n) is 5.70. The highest BCUT2D eigenvalue weighted by Crippen LogP contribution is 2.67. The van der Waals surface area contributed by atoms with Gasteiger partial charge in [-0.3, -0.25) is 0 Å². The number of carbonyl (C=O) groups is 1. The van der Waals surface area contributed by atoms with E-state index in [-0.39, 0.29) is 40.1 Å². The van der Waals surface area contributed by atoms with Crippen LogP contribution in [0.2, 0.25) is 0 Å². The first kappa shape index (κ1) is 18.5. The quantitative estimate of drug-likeness (QED) is 0.767. The van der Waals surface area contributed by atoms with Crippen LogP contribution >= 0.6 is 0 Å². The smallest absolute Gasteiger partial charge is 0.410 e. The van der Waals surface area contributed by atoms with Gasteiger partial charge < -0.3 is 9.64 Å². The molecule has 0 radical (unpaired) electrons. The van der Waals surface area contributed by atoms with Gasteiger partial charge in [0, 0.05) is 12.0 Å². The van der Waals surface area contributed by atoms with Gasteiger partial charge in [0.05, 0.1) is 23.0 Å². The lowest BCUT2D eigenvalue weighted by Crippen LogP contribution is -2.48. The lowest BCUT2D eigenvalue weighted by molar-refractivity contribution is 0.121. The minimum atomic E-state index is -0.648. The van der Waals surface area contributed by atoms with Crippen LogP contribution < -0.4 is 0 Å². The van der Waals surface area contributed by atoms with Gasteiger partial charge in [0.25, 0.3) is 0 Å². The zero-order valence-electron chi connectivity index (χ0n) is 16.7. The number of rotatable bonds is 3. The Morgan fingerprint density at radius 3 is 2.62 bits per heavy atom. The van der Waals surface area contributed by atoms with E-state index >= 15 is 0 Å². The Hall–Kier alpha value is -2.57. The van der Waals surface area contributed by atoms with Crippen molar-refractivity contribution in [2.45, 2.75) is 51.0 Å². The first-order valence-corrected chi connectivity index (χ1v) is 10.0. The Morgan fingerprint density at radius 2 is 1.97 bits per heavy atom. The lowest BCUT2D eigenvalue weighted by atomic mass is 9.68. The second-order valence-electron chi connectivity index (χ2n) is 9.08. The van der Waals surface area contributed by atoms with Crippen LogP contribution in [0.1, 0.15) is 50.8 Å². The van der Waals surface area contributed by atoms with Crippen LogP contribution in [0.4, 0.5) is 13.6 Å². The topological polar surface area (TPSA) is 55.3 Å². The van der Waals surface area contributed by atoms with Gasteiger partial charge in [-0.25, -0.2) is 13.6 Å². The van der Waals surface area contributed by atoms with Gasteiger partial charge in [0.1, 0.15) is 18.2 Å². The Bertz CT molecular complexity index is 1000. The van der Waals surface area contributed by atoms with E-state index in [9.17, 15) is 13.6 Å². The fourth-order valence-corrected chi connectivity index (χ4v) is 5.70. The number of ether oxygens (including phenoxy) is 1. The van der Waals surface area contributed by atoms with E-state index in [2.05, 4.69) is 24.0 Å². The van der Waals surface area contributed by atoms with Crippen molar-refractivity contribution < 1.29 is 18.3 Å². The summed E-state index contributed by atoms with van der Waals surface area (Å²) < 4.78 is 33.8. The monoisotopic (exact) mass is 399 g/mol. The first-order valence-electron chi connectivity index (χ1n) is 10.0. The van der Waals surface area contributed by atoms with Crippen LogP contribution in [0.25, 0.3) is 11.3 Å². The molecule has 1 saturated heterocycles. The third kappa shape index (κ3) is 2.33. The summed E-state index contributed by atoms with van der Waals surface area (Å²) in [7, 11) is 0. The molecule has 2 heterocycles. The van der Waals surface area contributed by atoms with Crippen LogP contribution in [0.15, 0.2) is 24.3 Å². The van der Waals surface area contributed by atoms with Crippen LogP contribution in [-0.4, -0.2) is 40.4 Å². The molecular weight excluding hydrogens is 376 g/mol. The summed E-state index contributed by atoms with van der Waals surface area (Å²) in [4.78, 5) is 14.0. The lowest BCUT2D eigenvalue weighted by Gasteiger charge is -2.40. The van der Waals surface area contributed by atoms with E-state index in [1.807, 2.05) is 6.92 Å². The standard InChI is InChI=1S/C22H23F2N3O2/c1-12-10-29-20(28)27(12)11-22-8-7-14(21(22,2)3)13-9-17(25-26-19(13)22)18-15(23)5-4-6-16(18)24/h4-6,9,12,14H,7-8,10-11H2,1-3H3/t12-,14-,22-/m0/s1. The summed E-state index contributed by atoms with van der Waals surface area (Å²) in [5.74, 6) is -1.09. The maximum atomic E-state index is 14.3. The van der Waals surface area contributed by atoms with Crippen molar-refractivity contribution in [1.29, 1.82) is 0 Å². The molecule has 0 N–H and O–H groups in total. The number of benzene rings is 1. The van der Waals surface area contributed by atoms with Crippen LogP contribution in [-0.2, 0) is 10.2 Å². The summed E-state index contributed by atoms with van der Waals surface area (Å²) in [6, 6.07) is 5.60. The molecule has 29 heavy (non-hydrogen) atoms. The Balaban J connectivity index is 1.62. The fraction of sp³-hybridized carbons (Fsp3) is 0.500. The highest BCUT2D eigenvalue weighted by atomic mass is 19.1. The van der Waals surface area contributed by atoms with Crippen molar-refractivity contribution >= 4 is 6.09 Å². The molecule has 1 aromatic carbocycles. The Morgan fingerprint density at radius 1 is 1.24 bits per heavy atom. The maximum absolute atomic E-state index is 14.3. The summed E-state index contributed by atoms with van der Waals surface area (Å²) in [5.41, 5.74) is 1.42. The third-order valence-electron chi connectivity index (χ3n) is 7.49. The average Bonchev–Trinajstić information content (AvgIpc) is 3.19. The normalized spacial score (nSPS) is 29.3.